The van der Waals surface area contributed by atoms with Crippen LogP contribution >= 0.6 is 0 Å². The van der Waals surface area contributed by atoms with Crippen molar-refractivity contribution in [1.29, 1.82) is 0 Å². The summed E-state index contributed by atoms with van der Waals surface area (Å²) in [6, 6.07) is 6.72. The molecule has 1 fully saturated rings. The molecule has 1 aliphatic heterocycles. The zero-order valence-corrected chi connectivity index (χ0v) is 17.2. The fourth-order valence-corrected chi connectivity index (χ4v) is 3.36. The predicted octanol–water partition coefficient (Wildman–Crippen LogP) is 5.32. The highest BCUT2D eigenvalue weighted by Gasteiger charge is 2.23. The highest BCUT2D eigenvalue weighted by Crippen LogP contribution is 2.33. The summed E-state index contributed by atoms with van der Waals surface area (Å²) in [4.78, 5) is 2.41. The molecule has 0 saturated carbocycles. The quantitative estimate of drug-likeness (QED) is 0.747. The lowest BCUT2D eigenvalue weighted by Gasteiger charge is -2.25. The van der Waals surface area contributed by atoms with Gasteiger partial charge in [0.05, 0.1) is 6.54 Å². The van der Waals surface area contributed by atoms with Crippen molar-refractivity contribution >= 4 is 0 Å². The number of hydrogen-bond acceptors (Lipinski definition) is 4. The SMILES string of the molecule is CC(C)(C)c1cc(-c2nnc(CN3CCCCC3)o2)cc(C(C)(C)C)c1. The van der Waals surface area contributed by atoms with Crippen LogP contribution in [0.15, 0.2) is 22.6 Å². The highest BCUT2D eigenvalue weighted by atomic mass is 16.4. The Hall–Kier alpha value is -1.68. The van der Waals surface area contributed by atoms with Crippen molar-refractivity contribution in [3.05, 3.63) is 35.2 Å². The van der Waals surface area contributed by atoms with E-state index in [9.17, 15) is 0 Å². The van der Waals surface area contributed by atoms with Gasteiger partial charge < -0.3 is 4.42 Å². The van der Waals surface area contributed by atoms with Gasteiger partial charge in [-0.25, -0.2) is 0 Å². The molecule has 3 rings (SSSR count). The van der Waals surface area contributed by atoms with Gasteiger partial charge in [-0.2, -0.15) is 0 Å². The van der Waals surface area contributed by atoms with E-state index in [0.29, 0.717) is 5.89 Å². The van der Waals surface area contributed by atoms with E-state index in [4.69, 9.17) is 4.42 Å². The van der Waals surface area contributed by atoms with Crippen LogP contribution in [0.5, 0.6) is 0 Å². The molecule has 1 aromatic carbocycles. The largest absolute Gasteiger partial charge is 0.419 e. The summed E-state index contributed by atoms with van der Waals surface area (Å²) in [6.07, 6.45) is 3.87. The second-order valence-corrected chi connectivity index (χ2v) is 9.64. The van der Waals surface area contributed by atoms with Gasteiger partial charge in [0.1, 0.15) is 0 Å². The van der Waals surface area contributed by atoms with Gasteiger partial charge >= 0.3 is 0 Å². The minimum absolute atomic E-state index is 0.0761. The van der Waals surface area contributed by atoms with Crippen LogP contribution in [-0.4, -0.2) is 28.2 Å². The van der Waals surface area contributed by atoms with E-state index in [2.05, 4.69) is 74.8 Å². The Morgan fingerprint density at radius 2 is 1.42 bits per heavy atom. The number of rotatable bonds is 3. The first kappa shape index (κ1) is 19.1. The topological polar surface area (TPSA) is 42.2 Å². The Bertz CT molecular complexity index is 711. The second-order valence-electron chi connectivity index (χ2n) is 9.64. The summed E-state index contributed by atoms with van der Waals surface area (Å²) < 4.78 is 6.04. The van der Waals surface area contributed by atoms with E-state index in [0.717, 1.165) is 31.1 Å². The molecule has 26 heavy (non-hydrogen) atoms. The normalized spacial score (nSPS) is 16.8. The van der Waals surface area contributed by atoms with Crippen LogP contribution in [0.2, 0.25) is 0 Å². The molecule has 1 aliphatic rings. The molecule has 142 valence electrons. The monoisotopic (exact) mass is 355 g/mol. The van der Waals surface area contributed by atoms with E-state index in [-0.39, 0.29) is 10.8 Å². The fourth-order valence-electron chi connectivity index (χ4n) is 3.36. The molecule has 0 amide bonds. The van der Waals surface area contributed by atoms with E-state index in [1.807, 2.05) is 0 Å². The summed E-state index contributed by atoms with van der Waals surface area (Å²) in [5, 5.41) is 8.67. The Labute approximate surface area is 158 Å². The standard InChI is InChI=1S/C22H33N3O/c1-21(2,3)17-12-16(13-18(14-17)22(4,5)6)20-24-23-19(26-20)15-25-10-8-7-9-11-25/h12-14H,7-11,15H2,1-6H3. The Morgan fingerprint density at radius 3 is 1.96 bits per heavy atom. The molecule has 0 unspecified atom stereocenters. The van der Waals surface area contributed by atoms with E-state index in [1.165, 1.54) is 30.4 Å². The maximum atomic E-state index is 6.04. The molecule has 0 spiro atoms. The third kappa shape index (κ3) is 4.53. The van der Waals surface area contributed by atoms with Crippen molar-refractivity contribution in [2.45, 2.75) is 78.2 Å². The molecule has 4 nitrogen and oxygen atoms in total. The predicted molar refractivity (Wildman–Crippen MR) is 106 cm³/mol. The fraction of sp³-hybridized carbons (Fsp3) is 0.636. The smallest absolute Gasteiger partial charge is 0.247 e. The first-order valence-electron chi connectivity index (χ1n) is 9.84. The zero-order valence-electron chi connectivity index (χ0n) is 17.2. The van der Waals surface area contributed by atoms with E-state index >= 15 is 0 Å². The average molecular weight is 356 g/mol. The lowest BCUT2D eigenvalue weighted by Crippen LogP contribution is -2.29. The summed E-state index contributed by atoms with van der Waals surface area (Å²) in [5.74, 6) is 1.36. The van der Waals surface area contributed by atoms with Gasteiger partial charge in [-0.05, 0) is 60.0 Å². The zero-order chi connectivity index (χ0) is 18.9. The third-order valence-electron chi connectivity index (χ3n) is 5.19. The Kier molecular flexibility index (Phi) is 5.25. The van der Waals surface area contributed by atoms with Crippen molar-refractivity contribution in [3.8, 4) is 11.5 Å². The van der Waals surface area contributed by atoms with Crippen LogP contribution in [0.1, 0.15) is 77.8 Å². The van der Waals surface area contributed by atoms with Crippen molar-refractivity contribution in [1.82, 2.24) is 15.1 Å². The molecule has 0 bridgehead atoms. The first-order valence-corrected chi connectivity index (χ1v) is 9.84. The lowest BCUT2D eigenvalue weighted by molar-refractivity contribution is 0.202. The number of piperidine rings is 1. The number of likely N-dealkylation sites (tertiary alicyclic amines) is 1. The Morgan fingerprint density at radius 1 is 0.846 bits per heavy atom. The highest BCUT2D eigenvalue weighted by molar-refractivity contribution is 5.57. The molecule has 0 aliphatic carbocycles. The maximum absolute atomic E-state index is 6.04. The second kappa shape index (κ2) is 7.15. The van der Waals surface area contributed by atoms with Gasteiger partial charge in [0.2, 0.25) is 11.8 Å². The molecule has 4 heteroatoms. The molecule has 0 radical (unpaired) electrons. The maximum Gasteiger partial charge on any atom is 0.247 e. The summed E-state index contributed by atoms with van der Waals surface area (Å²) in [5.41, 5.74) is 3.78. The number of nitrogens with zero attached hydrogens (tertiary/aromatic N) is 3. The third-order valence-corrected chi connectivity index (χ3v) is 5.19. The minimum atomic E-state index is 0.0761. The number of hydrogen-bond donors (Lipinski definition) is 0. The van der Waals surface area contributed by atoms with Gasteiger partial charge in [0.15, 0.2) is 0 Å². The van der Waals surface area contributed by atoms with E-state index < -0.39 is 0 Å². The summed E-state index contributed by atoms with van der Waals surface area (Å²) in [7, 11) is 0. The molecule has 2 heterocycles. The van der Waals surface area contributed by atoms with Gasteiger partial charge in [-0.1, -0.05) is 54.0 Å². The molecular weight excluding hydrogens is 322 g/mol. The van der Waals surface area contributed by atoms with Crippen LogP contribution in [0, 0.1) is 0 Å². The van der Waals surface area contributed by atoms with Crippen LogP contribution in [0.25, 0.3) is 11.5 Å². The molecule has 0 atom stereocenters. The van der Waals surface area contributed by atoms with Gasteiger partial charge in [-0.15, -0.1) is 10.2 Å². The molecular formula is C22H33N3O. The Balaban J connectivity index is 1.90. The first-order chi connectivity index (χ1) is 12.1. The molecule has 1 aromatic heterocycles. The van der Waals surface area contributed by atoms with Crippen LogP contribution < -0.4 is 0 Å². The molecule has 0 N–H and O–H groups in total. The summed E-state index contributed by atoms with van der Waals surface area (Å²) >= 11 is 0. The number of aromatic nitrogens is 2. The van der Waals surface area contributed by atoms with Gasteiger partial charge in [-0.3, -0.25) is 4.90 Å². The van der Waals surface area contributed by atoms with Crippen LogP contribution in [0.3, 0.4) is 0 Å². The minimum Gasteiger partial charge on any atom is -0.419 e. The average Bonchev–Trinajstić information content (AvgIpc) is 3.02. The van der Waals surface area contributed by atoms with Crippen molar-refractivity contribution in [2.24, 2.45) is 0 Å². The molecule has 2 aromatic rings. The summed E-state index contributed by atoms with van der Waals surface area (Å²) in [6.45, 7) is 16.5. The van der Waals surface area contributed by atoms with Crippen molar-refractivity contribution in [3.63, 3.8) is 0 Å². The lowest BCUT2D eigenvalue weighted by atomic mass is 9.79. The van der Waals surface area contributed by atoms with Crippen molar-refractivity contribution < 1.29 is 4.42 Å². The van der Waals surface area contributed by atoms with E-state index in [1.54, 1.807) is 0 Å². The van der Waals surface area contributed by atoms with Gasteiger partial charge in [0, 0.05) is 5.56 Å². The van der Waals surface area contributed by atoms with Gasteiger partial charge in [0.25, 0.3) is 0 Å². The molecule has 1 saturated heterocycles. The van der Waals surface area contributed by atoms with Crippen LogP contribution in [-0.2, 0) is 17.4 Å². The van der Waals surface area contributed by atoms with Crippen molar-refractivity contribution in [2.75, 3.05) is 13.1 Å². The van der Waals surface area contributed by atoms with Crippen LogP contribution in [0.4, 0.5) is 0 Å². The number of benzene rings is 1.